The molecule has 1 N–H and O–H groups in total. The van der Waals surface area contributed by atoms with Crippen LogP contribution in [-0.4, -0.2) is 48.9 Å². The molecule has 0 aromatic heterocycles. The van der Waals surface area contributed by atoms with Crippen molar-refractivity contribution in [3.63, 3.8) is 0 Å². The van der Waals surface area contributed by atoms with Gasteiger partial charge in [-0.3, -0.25) is 9.69 Å². The van der Waals surface area contributed by atoms with Crippen LogP contribution in [0.5, 0.6) is 0 Å². The van der Waals surface area contributed by atoms with E-state index >= 15 is 0 Å². The van der Waals surface area contributed by atoms with Gasteiger partial charge in [0.2, 0.25) is 0 Å². The zero-order valence-electron chi connectivity index (χ0n) is 12.6. The predicted octanol–water partition coefficient (Wildman–Crippen LogP) is 1.75. The summed E-state index contributed by atoms with van der Waals surface area (Å²) in [5, 5.41) is 9.27. The SMILES string of the molecule is CCN(Cc1ccc(COC)cc1)C1COCC1C(=O)O. The van der Waals surface area contributed by atoms with Crippen molar-refractivity contribution >= 4 is 5.97 Å². The number of benzene rings is 1. The molecule has 116 valence electrons. The van der Waals surface area contributed by atoms with Crippen LogP contribution in [0, 0.1) is 5.92 Å². The van der Waals surface area contributed by atoms with Gasteiger partial charge in [-0.05, 0) is 17.7 Å². The normalized spacial score (nSPS) is 21.9. The first-order valence-electron chi connectivity index (χ1n) is 7.27. The zero-order valence-corrected chi connectivity index (χ0v) is 12.6. The minimum atomic E-state index is -0.772. The molecular weight excluding hydrogens is 270 g/mol. The van der Waals surface area contributed by atoms with Gasteiger partial charge in [-0.25, -0.2) is 0 Å². The molecule has 0 spiro atoms. The van der Waals surface area contributed by atoms with E-state index in [0.717, 1.165) is 18.7 Å². The van der Waals surface area contributed by atoms with Crippen molar-refractivity contribution in [2.45, 2.75) is 26.1 Å². The Labute approximate surface area is 125 Å². The van der Waals surface area contributed by atoms with Crippen molar-refractivity contribution in [2.75, 3.05) is 26.9 Å². The van der Waals surface area contributed by atoms with Gasteiger partial charge in [0.15, 0.2) is 0 Å². The number of methoxy groups -OCH3 is 1. The topological polar surface area (TPSA) is 59.0 Å². The van der Waals surface area contributed by atoms with Crippen LogP contribution in [0.15, 0.2) is 24.3 Å². The first-order chi connectivity index (χ1) is 10.2. The number of rotatable bonds is 7. The highest BCUT2D eigenvalue weighted by Gasteiger charge is 2.37. The molecule has 1 aromatic carbocycles. The molecule has 1 aliphatic rings. The standard InChI is InChI=1S/C16H23NO4/c1-3-17(15-11-21-10-14(15)16(18)19)8-12-4-6-13(7-5-12)9-20-2/h4-7,14-15H,3,8-11H2,1-2H3,(H,18,19). The second kappa shape index (κ2) is 7.54. The van der Waals surface area contributed by atoms with Gasteiger partial charge in [0, 0.05) is 19.7 Å². The average Bonchev–Trinajstić information content (AvgIpc) is 2.96. The Kier molecular flexibility index (Phi) is 5.73. The van der Waals surface area contributed by atoms with Gasteiger partial charge < -0.3 is 14.6 Å². The van der Waals surface area contributed by atoms with E-state index in [9.17, 15) is 9.90 Å². The molecule has 0 aliphatic carbocycles. The number of nitrogens with zero attached hydrogens (tertiary/aromatic N) is 1. The molecule has 1 fully saturated rings. The lowest BCUT2D eigenvalue weighted by molar-refractivity contribution is -0.143. The summed E-state index contributed by atoms with van der Waals surface area (Å²) in [5.41, 5.74) is 2.31. The molecule has 21 heavy (non-hydrogen) atoms. The molecule has 2 unspecified atom stereocenters. The van der Waals surface area contributed by atoms with E-state index in [1.54, 1.807) is 7.11 Å². The molecule has 2 atom stereocenters. The number of hydrogen-bond acceptors (Lipinski definition) is 4. The highest BCUT2D eigenvalue weighted by molar-refractivity contribution is 5.71. The molecule has 1 aromatic rings. The Balaban J connectivity index is 2.03. The van der Waals surface area contributed by atoms with Crippen molar-refractivity contribution in [2.24, 2.45) is 5.92 Å². The Hall–Kier alpha value is -1.43. The highest BCUT2D eigenvalue weighted by Crippen LogP contribution is 2.22. The average molecular weight is 293 g/mol. The molecule has 1 aliphatic heterocycles. The van der Waals surface area contributed by atoms with Crippen molar-refractivity contribution in [3.8, 4) is 0 Å². The third-order valence-electron chi connectivity index (χ3n) is 3.96. The minimum absolute atomic E-state index is 0.0499. The number of carboxylic acids is 1. The smallest absolute Gasteiger partial charge is 0.310 e. The molecule has 0 amide bonds. The molecule has 2 rings (SSSR count). The third kappa shape index (κ3) is 4.03. The van der Waals surface area contributed by atoms with Crippen LogP contribution in [0.1, 0.15) is 18.1 Å². The Morgan fingerprint density at radius 2 is 2.00 bits per heavy atom. The summed E-state index contributed by atoms with van der Waals surface area (Å²) in [6.45, 7) is 5.00. The molecule has 1 heterocycles. The second-order valence-electron chi connectivity index (χ2n) is 5.36. The van der Waals surface area contributed by atoms with Crippen molar-refractivity contribution < 1.29 is 19.4 Å². The van der Waals surface area contributed by atoms with E-state index < -0.39 is 11.9 Å². The number of carbonyl (C=O) groups is 1. The minimum Gasteiger partial charge on any atom is -0.481 e. The fourth-order valence-electron chi connectivity index (χ4n) is 2.74. The summed E-state index contributed by atoms with van der Waals surface area (Å²) in [4.78, 5) is 13.5. The van der Waals surface area contributed by atoms with Gasteiger partial charge >= 0.3 is 5.97 Å². The first kappa shape index (κ1) is 15.9. The third-order valence-corrected chi connectivity index (χ3v) is 3.96. The van der Waals surface area contributed by atoms with Crippen LogP contribution in [0.25, 0.3) is 0 Å². The van der Waals surface area contributed by atoms with Gasteiger partial charge in [0.25, 0.3) is 0 Å². The maximum absolute atomic E-state index is 11.3. The van der Waals surface area contributed by atoms with Crippen molar-refractivity contribution in [1.29, 1.82) is 0 Å². The maximum atomic E-state index is 11.3. The molecule has 5 nitrogen and oxygen atoms in total. The highest BCUT2D eigenvalue weighted by atomic mass is 16.5. The van der Waals surface area contributed by atoms with E-state index in [1.807, 2.05) is 12.1 Å². The number of likely N-dealkylation sites (N-methyl/N-ethyl adjacent to an activating group) is 1. The lowest BCUT2D eigenvalue weighted by Gasteiger charge is -2.29. The van der Waals surface area contributed by atoms with Crippen LogP contribution in [0.3, 0.4) is 0 Å². The van der Waals surface area contributed by atoms with E-state index in [4.69, 9.17) is 9.47 Å². The van der Waals surface area contributed by atoms with Crippen molar-refractivity contribution in [1.82, 2.24) is 4.90 Å². The summed E-state index contributed by atoms with van der Waals surface area (Å²) in [5.74, 6) is -1.20. The predicted molar refractivity (Wildman–Crippen MR) is 79.0 cm³/mol. The van der Waals surface area contributed by atoms with Gasteiger partial charge in [-0.15, -0.1) is 0 Å². The number of carboxylic acid groups (broad SMARTS) is 1. The summed E-state index contributed by atoms with van der Waals surface area (Å²) < 4.78 is 10.5. The van der Waals surface area contributed by atoms with Crippen LogP contribution < -0.4 is 0 Å². The molecule has 1 saturated heterocycles. The van der Waals surface area contributed by atoms with E-state index in [2.05, 4.69) is 24.0 Å². The Bertz CT molecular complexity index is 460. The fraction of sp³-hybridized carbons (Fsp3) is 0.562. The number of hydrogen-bond donors (Lipinski definition) is 1. The molecular formula is C16H23NO4. The number of ether oxygens (including phenoxy) is 2. The monoisotopic (exact) mass is 293 g/mol. The van der Waals surface area contributed by atoms with Crippen molar-refractivity contribution in [3.05, 3.63) is 35.4 Å². The quantitative estimate of drug-likeness (QED) is 0.830. The van der Waals surface area contributed by atoms with Gasteiger partial charge in [0.05, 0.1) is 25.7 Å². The Morgan fingerprint density at radius 3 is 2.57 bits per heavy atom. The van der Waals surface area contributed by atoms with Gasteiger partial charge in [-0.1, -0.05) is 31.2 Å². The van der Waals surface area contributed by atoms with Crippen LogP contribution in [-0.2, 0) is 27.4 Å². The lowest BCUT2D eigenvalue weighted by atomic mass is 10.0. The zero-order chi connectivity index (χ0) is 15.2. The van der Waals surface area contributed by atoms with Gasteiger partial charge in [-0.2, -0.15) is 0 Å². The molecule has 0 saturated carbocycles. The molecule has 5 heteroatoms. The van der Waals surface area contributed by atoms with E-state index in [-0.39, 0.29) is 6.04 Å². The fourth-order valence-corrected chi connectivity index (χ4v) is 2.74. The first-order valence-corrected chi connectivity index (χ1v) is 7.27. The summed E-state index contributed by atoms with van der Waals surface area (Å²) in [7, 11) is 1.68. The van der Waals surface area contributed by atoms with Gasteiger partial charge in [0.1, 0.15) is 0 Å². The van der Waals surface area contributed by atoms with E-state index in [0.29, 0.717) is 19.8 Å². The van der Waals surface area contributed by atoms with E-state index in [1.165, 1.54) is 5.56 Å². The van der Waals surface area contributed by atoms with Crippen LogP contribution in [0.4, 0.5) is 0 Å². The summed E-state index contributed by atoms with van der Waals surface area (Å²) in [6.07, 6.45) is 0. The second-order valence-corrected chi connectivity index (χ2v) is 5.36. The molecule has 0 bridgehead atoms. The Morgan fingerprint density at radius 1 is 1.33 bits per heavy atom. The number of aliphatic carboxylic acids is 1. The molecule has 0 radical (unpaired) electrons. The summed E-state index contributed by atoms with van der Waals surface area (Å²) in [6, 6.07) is 8.19. The van der Waals surface area contributed by atoms with Crippen LogP contribution >= 0.6 is 0 Å². The van der Waals surface area contributed by atoms with Crippen LogP contribution in [0.2, 0.25) is 0 Å². The lowest BCUT2D eigenvalue weighted by Crippen LogP contribution is -2.42. The summed E-state index contributed by atoms with van der Waals surface area (Å²) >= 11 is 0. The largest absolute Gasteiger partial charge is 0.481 e. The maximum Gasteiger partial charge on any atom is 0.310 e.